The van der Waals surface area contributed by atoms with Gasteiger partial charge in [-0.15, -0.1) is 0 Å². The molecule has 13 heteroatoms. The van der Waals surface area contributed by atoms with Crippen LogP contribution in [0.25, 0.3) is 0 Å². The molecule has 0 bridgehead atoms. The Balaban J connectivity index is 1.65. The number of urea groups is 1. The van der Waals surface area contributed by atoms with Crippen molar-refractivity contribution in [3.8, 4) is 23.0 Å². The van der Waals surface area contributed by atoms with Gasteiger partial charge in [0.1, 0.15) is 23.0 Å². The lowest BCUT2D eigenvalue weighted by Crippen LogP contribution is -2.48. The molecular formula is C38H46ClN3O8S. The molecule has 3 aromatic carbocycles. The van der Waals surface area contributed by atoms with Gasteiger partial charge in [-0.2, -0.15) is 0 Å². The van der Waals surface area contributed by atoms with E-state index in [0.29, 0.717) is 49.7 Å². The quantitative estimate of drug-likeness (QED) is 0.190. The number of halogens is 1. The molecule has 274 valence electrons. The number of carbonyl (C=O) groups excluding carboxylic acids is 2. The second-order valence-corrected chi connectivity index (χ2v) is 14.4. The Hall–Kier alpha value is -4.55. The molecule has 4 rings (SSSR count). The third kappa shape index (κ3) is 9.22. The molecule has 1 aliphatic heterocycles. The van der Waals surface area contributed by atoms with Gasteiger partial charge in [0, 0.05) is 23.7 Å². The van der Waals surface area contributed by atoms with Crippen molar-refractivity contribution in [2.24, 2.45) is 11.3 Å². The van der Waals surface area contributed by atoms with Gasteiger partial charge in [0.2, 0.25) is 5.91 Å². The summed E-state index contributed by atoms with van der Waals surface area (Å²) in [6.07, 6.45) is 0.220. The predicted molar refractivity (Wildman–Crippen MR) is 199 cm³/mol. The van der Waals surface area contributed by atoms with Crippen molar-refractivity contribution < 1.29 is 38.4 Å². The fraction of sp³-hybridized carbons (Fsp3) is 0.421. The van der Waals surface area contributed by atoms with Crippen LogP contribution < -0.4 is 24.3 Å². The molecule has 0 radical (unpaired) electrons. The van der Waals surface area contributed by atoms with Gasteiger partial charge >= 0.3 is 12.0 Å². The number of imide groups is 1. The molecule has 3 amide bonds. The Labute approximate surface area is 309 Å². The van der Waals surface area contributed by atoms with Crippen LogP contribution in [0.15, 0.2) is 54.6 Å². The minimum Gasteiger partial charge on any atom is -0.496 e. The number of carboxylic acids is 1. The van der Waals surface area contributed by atoms with Gasteiger partial charge in [-0.25, -0.2) is 4.79 Å². The van der Waals surface area contributed by atoms with E-state index in [0.717, 1.165) is 10.5 Å². The number of aliphatic carboxylic acids is 1. The zero-order valence-electron chi connectivity index (χ0n) is 30.2. The molecule has 1 aliphatic rings. The number of methoxy groups -OCH3 is 4. The van der Waals surface area contributed by atoms with E-state index in [1.165, 1.54) is 0 Å². The maximum Gasteiger partial charge on any atom is 0.324 e. The molecule has 51 heavy (non-hydrogen) atoms. The van der Waals surface area contributed by atoms with Crippen LogP contribution >= 0.6 is 23.8 Å². The Morgan fingerprint density at radius 3 is 2.06 bits per heavy atom. The van der Waals surface area contributed by atoms with Gasteiger partial charge in [-0.3, -0.25) is 14.5 Å². The number of amides is 3. The summed E-state index contributed by atoms with van der Waals surface area (Å²) < 4.78 is 22.4. The highest BCUT2D eigenvalue weighted by atomic mass is 35.5. The van der Waals surface area contributed by atoms with E-state index in [1.807, 2.05) is 25.7 Å². The smallest absolute Gasteiger partial charge is 0.324 e. The van der Waals surface area contributed by atoms with Crippen LogP contribution in [0.5, 0.6) is 23.0 Å². The summed E-state index contributed by atoms with van der Waals surface area (Å²) in [5.41, 5.74) is 2.31. The maximum atomic E-state index is 14.3. The Morgan fingerprint density at radius 1 is 0.941 bits per heavy atom. The third-order valence-electron chi connectivity index (χ3n) is 9.04. The van der Waals surface area contributed by atoms with Crippen molar-refractivity contribution in [1.29, 1.82) is 0 Å². The topological polar surface area (TPSA) is 127 Å². The van der Waals surface area contributed by atoms with Crippen molar-refractivity contribution in [2.45, 2.75) is 52.6 Å². The molecule has 0 aliphatic carbocycles. The minimum atomic E-state index is -0.907. The van der Waals surface area contributed by atoms with Crippen LogP contribution in [-0.2, 0) is 22.6 Å². The zero-order valence-corrected chi connectivity index (χ0v) is 31.8. The van der Waals surface area contributed by atoms with Crippen molar-refractivity contribution >= 4 is 46.7 Å². The van der Waals surface area contributed by atoms with Crippen LogP contribution in [0.2, 0.25) is 5.02 Å². The van der Waals surface area contributed by atoms with E-state index in [1.54, 1.807) is 90.0 Å². The second-order valence-electron chi connectivity index (χ2n) is 13.5. The van der Waals surface area contributed by atoms with Crippen molar-refractivity contribution in [1.82, 2.24) is 15.1 Å². The molecule has 0 aromatic heterocycles. The number of thiocarbonyl (C=S) groups is 1. The number of carbonyl (C=O) groups is 3. The van der Waals surface area contributed by atoms with Gasteiger partial charge in [0.25, 0.3) is 0 Å². The average Bonchev–Trinajstić information content (AvgIpc) is 3.19. The maximum absolute atomic E-state index is 14.3. The van der Waals surface area contributed by atoms with E-state index in [2.05, 4.69) is 5.32 Å². The van der Waals surface area contributed by atoms with Gasteiger partial charge in [0.05, 0.1) is 70.0 Å². The highest BCUT2D eigenvalue weighted by Crippen LogP contribution is 2.37. The molecular weight excluding hydrogens is 694 g/mol. The van der Waals surface area contributed by atoms with Crippen LogP contribution in [-0.4, -0.2) is 79.3 Å². The summed E-state index contributed by atoms with van der Waals surface area (Å²) in [5.74, 6) is -0.598. The van der Waals surface area contributed by atoms with Crippen molar-refractivity contribution in [3.05, 3.63) is 81.9 Å². The summed E-state index contributed by atoms with van der Waals surface area (Å²) in [6.45, 7) is 7.72. The molecule has 1 fully saturated rings. The predicted octanol–water partition coefficient (Wildman–Crippen LogP) is 6.89. The summed E-state index contributed by atoms with van der Waals surface area (Å²) >= 11 is 12.3. The first kappa shape index (κ1) is 39.2. The molecule has 1 heterocycles. The van der Waals surface area contributed by atoms with E-state index >= 15 is 0 Å². The monoisotopic (exact) mass is 739 g/mol. The van der Waals surface area contributed by atoms with Crippen molar-refractivity contribution in [3.63, 3.8) is 0 Å². The van der Waals surface area contributed by atoms with Crippen LogP contribution in [0, 0.1) is 11.3 Å². The van der Waals surface area contributed by atoms with E-state index in [4.69, 9.17) is 42.8 Å². The SMILES string of the molecule is COc1cc(OC)c(CN2C[C@@H](Cc3cc(Cl)ccc3OC)C(=O)N(C(=O)N[C@H](C)c3ccc(C(C(=O)O)C(C)(C)C)cc3)CC2=S)c(OC)c1. The number of nitrogens with one attached hydrogen (secondary N) is 1. The van der Waals surface area contributed by atoms with E-state index in [-0.39, 0.29) is 26.1 Å². The number of hydrogen-bond acceptors (Lipinski definition) is 8. The molecule has 3 atom stereocenters. The van der Waals surface area contributed by atoms with Crippen molar-refractivity contribution in [2.75, 3.05) is 41.5 Å². The van der Waals surface area contributed by atoms with Gasteiger partial charge < -0.3 is 34.3 Å². The lowest BCUT2D eigenvalue weighted by atomic mass is 9.76. The first-order valence-corrected chi connectivity index (χ1v) is 17.2. The first-order chi connectivity index (χ1) is 24.1. The fourth-order valence-electron chi connectivity index (χ4n) is 6.39. The molecule has 0 spiro atoms. The summed E-state index contributed by atoms with van der Waals surface area (Å²) in [4.78, 5) is 43.7. The lowest BCUT2D eigenvalue weighted by Gasteiger charge is -2.28. The van der Waals surface area contributed by atoms with Crippen LogP contribution in [0.1, 0.15) is 61.9 Å². The van der Waals surface area contributed by atoms with E-state index in [9.17, 15) is 19.5 Å². The second kappa shape index (κ2) is 16.6. The Kier molecular flexibility index (Phi) is 12.8. The largest absolute Gasteiger partial charge is 0.496 e. The molecule has 0 saturated carbocycles. The van der Waals surface area contributed by atoms with E-state index < -0.39 is 41.2 Å². The molecule has 3 aromatic rings. The fourth-order valence-corrected chi connectivity index (χ4v) is 6.85. The highest BCUT2D eigenvalue weighted by Gasteiger charge is 2.38. The summed E-state index contributed by atoms with van der Waals surface area (Å²) in [5, 5.41) is 13.3. The molecule has 1 saturated heterocycles. The number of benzene rings is 3. The number of hydrogen-bond donors (Lipinski definition) is 2. The number of carboxylic acid groups (broad SMARTS) is 1. The zero-order chi connectivity index (χ0) is 37.6. The van der Waals surface area contributed by atoms with Crippen LogP contribution in [0.4, 0.5) is 4.79 Å². The van der Waals surface area contributed by atoms with Gasteiger partial charge in [0.15, 0.2) is 0 Å². The summed E-state index contributed by atoms with van der Waals surface area (Å²) in [7, 11) is 6.19. The van der Waals surface area contributed by atoms with Crippen LogP contribution in [0.3, 0.4) is 0 Å². The number of nitrogens with zero attached hydrogens (tertiary/aromatic N) is 2. The number of ether oxygens (including phenoxy) is 4. The normalized spacial score (nSPS) is 16.2. The third-order valence-corrected chi connectivity index (χ3v) is 9.67. The Bertz CT molecular complexity index is 1740. The highest BCUT2D eigenvalue weighted by molar-refractivity contribution is 7.80. The Morgan fingerprint density at radius 2 is 1.53 bits per heavy atom. The van der Waals surface area contributed by atoms with Gasteiger partial charge in [-0.05, 0) is 53.6 Å². The van der Waals surface area contributed by atoms with Gasteiger partial charge in [-0.1, -0.05) is 68.9 Å². The molecule has 11 nitrogen and oxygen atoms in total. The standard InChI is InChI=1S/C38H46ClN3O8S/c1-22(23-9-11-24(12-10-23)34(36(44)45)38(2,3)4)40-37(46)42-21-33(51)41(20-29-31(49-7)17-28(47-5)18-32(29)50-8)19-26(35(42)43)15-25-16-27(39)13-14-30(25)48-6/h9-14,16-18,22,26,34H,15,19-21H2,1-8H3,(H,40,46)(H,44,45)/t22-,26-,34?/m1/s1. The molecule has 1 unspecified atom stereocenters. The summed E-state index contributed by atoms with van der Waals surface area (Å²) in [6, 6.07) is 14.7. The first-order valence-electron chi connectivity index (χ1n) is 16.4. The number of rotatable bonds is 12. The lowest BCUT2D eigenvalue weighted by molar-refractivity contribution is -0.141. The average molecular weight is 740 g/mol. The molecule has 2 N–H and O–H groups in total. The minimum absolute atomic E-state index is 0.137.